The van der Waals surface area contributed by atoms with E-state index in [9.17, 15) is 0 Å². The second-order valence-corrected chi connectivity index (χ2v) is 5.25. The summed E-state index contributed by atoms with van der Waals surface area (Å²) in [7, 11) is 0. The molecule has 2 aromatic rings. The summed E-state index contributed by atoms with van der Waals surface area (Å²) in [4.78, 5) is 7.95. The Hall–Kier alpha value is -1.89. The molecule has 7 nitrogen and oxygen atoms in total. The summed E-state index contributed by atoms with van der Waals surface area (Å²) in [6.07, 6.45) is 4.71. The Bertz CT molecular complexity index is 624. The molecule has 1 atom stereocenters. The zero-order valence-electron chi connectivity index (χ0n) is 11.2. The molecule has 0 aliphatic carbocycles. The number of anilines is 2. The SMILES string of the molecule is CC(Nc1ncnc(N)c1Cl)c1nnc2n1CCCC2. The largest absolute Gasteiger partial charge is 0.382 e. The van der Waals surface area contributed by atoms with E-state index in [1.807, 2.05) is 6.92 Å². The lowest BCUT2D eigenvalue weighted by Crippen LogP contribution is -2.18. The second-order valence-electron chi connectivity index (χ2n) is 4.87. The zero-order valence-corrected chi connectivity index (χ0v) is 11.9. The van der Waals surface area contributed by atoms with Gasteiger partial charge in [0.15, 0.2) is 11.6 Å². The van der Waals surface area contributed by atoms with Crippen LogP contribution in [0, 0.1) is 0 Å². The molecule has 0 amide bonds. The van der Waals surface area contributed by atoms with Crippen molar-refractivity contribution in [2.24, 2.45) is 0 Å². The molecule has 106 valence electrons. The molecule has 1 unspecified atom stereocenters. The molecular formula is C12H16ClN7. The minimum absolute atomic E-state index is 0.0545. The van der Waals surface area contributed by atoms with E-state index in [0.29, 0.717) is 10.8 Å². The molecule has 3 rings (SSSR count). The van der Waals surface area contributed by atoms with Crippen molar-refractivity contribution < 1.29 is 0 Å². The minimum Gasteiger partial charge on any atom is -0.382 e. The Morgan fingerprint density at radius 1 is 1.35 bits per heavy atom. The Morgan fingerprint density at radius 3 is 3.05 bits per heavy atom. The molecule has 0 bridgehead atoms. The predicted octanol–water partition coefficient (Wildman–Crippen LogP) is 1.81. The summed E-state index contributed by atoms with van der Waals surface area (Å²) >= 11 is 6.09. The average Bonchev–Trinajstić information content (AvgIpc) is 2.88. The van der Waals surface area contributed by atoms with Crippen LogP contribution in [-0.4, -0.2) is 24.7 Å². The number of nitrogens with one attached hydrogen (secondary N) is 1. The fourth-order valence-electron chi connectivity index (χ4n) is 2.40. The molecule has 0 saturated heterocycles. The third kappa shape index (κ3) is 2.29. The van der Waals surface area contributed by atoms with Gasteiger partial charge in [0.2, 0.25) is 0 Å². The molecule has 0 radical (unpaired) electrons. The smallest absolute Gasteiger partial charge is 0.155 e. The van der Waals surface area contributed by atoms with Gasteiger partial charge in [-0.1, -0.05) is 11.6 Å². The first-order valence-corrected chi connectivity index (χ1v) is 6.99. The monoisotopic (exact) mass is 293 g/mol. The fraction of sp³-hybridized carbons (Fsp3) is 0.500. The molecule has 0 aromatic carbocycles. The van der Waals surface area contributed by atoms with Gasteiger partial charge in [0.25, 0.3) is 0 Å². The van der Waals surface area contributed by atoms with Crippen LogP contribution in [0.25, 0.3) is 0 Å². The first-order valence-electron chi connectivity index (χ1n) is 6.61. The molecule has 0 saturated carbocycles. The molecule has 1 aliphatic rings. The maximum Gasteiger partial charge on any atom is 0.155 e. The van der Waals surface area contributed by atoms with E-state index in [4.69, 9.17) is 17.3 Å². The van der Waals surface area contributed by atoms with Crippen molar-refractivity contribution in [3.63, 3.8) is 0 Å². The molecule has 0 spiro atoms. The Morgan fingerprint density at radius 2 is 2.20 bits per heavy atom. The van der Waals surface area contributed by atoms with Crippen LogP contribution in [0.2, 0.25) is 5.02 Å². The molecule has 20 heavy (non-hydrogen) atoms. The number of halogens is 1. The highest BCUT2D eigenvalue weighted by Crippen LogP contribution is 2.27. The van der Waals surface area contributed by atoms with Gasteiger partial charge < -0.3 is 15.6 Å². The third-order valence-electron chi connectivity index (χ3n) is 3.45. The Balaban J connectivity index is 1.84. The number of aryl methyl sites for hydroxylation is 1. The molecule has 3 heterocycles. The topological polar surface area (TPSA) is 94.5 Å². The van der Waals surface area contributed by atoms with Crippen LogP contribution in [-0.2, 0) is 13.0 Å². The van der Waals surface area contributed by atoms with Gasteiger partial charge >= 0.3 is 0 Å². The van der Waals surface area contributed by atoms with E-state index in [1.165, 1.54) is 12.7 Å². The van der Waals surface area contributed by atoms with Crippen molar-refractivity contribution in [1.82, 2.24) is 24.7 Å². The summed E-state index contributed by atoms with van der Waals surface area (Å²) in [6, 6.07) is -0.0545. The van der Waals surface area contributed by atoms with Gasteiger partial charge in [0, 0.05) is 13.0 Å². The van der Waals surface area contributed by atoms with Gasteiger partial charge in [-0.3, -0.25) is 0 Å². The number of hydrogen-bond acceptors (Lipinski definition) is 6. The first kappa shape index (κ1) is 13.1. The molecule has 1 aliphatic heterocycles. The molecular weight excluding hydrogens is 278 g/mol. The highest BCUT2D eigenvalue weighted by Gasteiger charge is 2.21. The third-order valence-corrected chi connectivity index (χ3v) is 3.82. The molecule has 0 fully saturated rings. The van der Waals surface area contributed by atoms with E-state index in [-0.39, 0.29) is 11.9 Å². The van der Waals surface area contributed by atoms with Crippen LogP contribution < -0.4 is 11.1 Å². The quantitative estimate of drug-likeness (QED) is 0.896. The number of nitrogens with zero attached hydrogens (tertiary/aromatic N) is 5. The van der Waals surface area contributed by atoms with E-state index in [0.717, 1.165) is 31.0 Å². The van der Waals surface area contributed by atoms with Crippen molar-refractivity contribution in [1.29, 1.82) is 0 Å². The van der Waals surface area contributed by atoms with E-state index < -0.39 is 0 Å². The minimum atomic E-state index is -0.0545. The van der Waals surface area contributed by atoms with Crippen molar-refractivity contribution in [3.8, 4) is 0 Å². The maximum atomic E-state index is 6.09. The highest BCUT2D eigenvalue weighted by atomic mass is 35.5. The fourth-order valence-corrected chi connectivity index (χ4v) is 2.56. The molecule has 2 aromatic heterocycles. The van der Waals surface area contributed by atoms with E-state index in [1.54, 1.807) is 0 Å². The summed E-state index contributed by atoms with van der Waals surface area (Å²) in [5.74, 6) is 2.72. The molecule has 8 heteroatoms. The number of aromatic nitrogens is 5. The van der Waals surface area contributed by atoms with Crippen molar-refractivity contribution >= 4 is 23.2 Å². The normalized spacial score (nSPS) is 15.7. The van der Waals surface area contributed by atoms with Crippen LogP contribution in [0.5, 0.6) is 0 Å². The highest BCUT2D eigenvalue weighted by molar-refractivity contribution is 6.35. The van der Waals surface area contributed by atoms with Crippen LogP contribution in [0.15, 0.2) is 6.33 Å². The van der Waals surface area contributed by atoms with E-state index >= 15 is 0 Å². The van der Waals surface area contributed by atoms with Gasteiger partial charge in [0.1, 0.15) is 23.0 Å². The van der Waals surface area contributed by atoms with Crippen molar-refractivity contribution in [2.75, 3.05) is 11.1 Å². The van der Waals surface area contributed by atoms with Gasteiger partial charge in [-0.2, -0.15) is 0 Å². The van der Waals surface area contributed by atoms with Gasteiger partial charge in [-0.05, 0) is 19.8 Å². The first-order chi connectivity index (χ1) is 9.66. The van der Waals surface area contributed by atoms with E-state index in [2.05, 4.69) is 30.0 Å². The lowest BCUT2D eigenvalue weighted by molar-refractivity contribution is 0.500. The molecule has 3 N–H and O–H groups in total. The van der Waals surface area contributed by atoms with Crippen LogP contribution in [0.3, 0.4) is 0 Å². The summed E-state index contributed by atoms with van der Waals surface area (Å²) < 4.78 is 2.17. The standard InChI is InChI=1S/C12H16ClN7/c1-7(17-11-9(13)10(14)15-6-16-11)12-19-18-8-4-2-3-5-20(8)12/h6-7H,2-5H2,1H3,(H3,14,15,16,17). The van der Waals surface area contributed by atoms with Crippen molar-refractivity contribution in [2.45, 2.75) is 38.8 Å². The summed E-state index contributed by atoms with van der Waals surface area (Å²) in [5, 5.41) is 12.1. The van der Waals surface area contributed by atoms with Crippen LogP contribution in [0.4, 0.5) is 11.6 Å². The number of nitrogens with two attached hydrogens (primary N) is 1. The van der Waals surface area contributed by atoms with Gasteiger partial charge in [-0.15, -0.1) is 10.2 Å². The summed E-state index contributed by atoms with van der Waals surface area (Å²) in [6.45, 7) is 2.96. The maximum absolute atomic E-state index is 6.09. The Kier molecular flexibility index (Phi) is 3.43. The lowest BCUT2D eigenvalue weighted by Gasteiger charge is -2.19. The van der Waals surface area contributed by atoms with Crippen LogP contribution in [0.1, 0.15) is 37.5 Å². The second kappa shape index (κ2) is 5.24. The number of rotatable bonds is 3. The van der Waals surface area contributed by atoms with Crippen LogP contribution >= 0.6 is 11.6 Å². The van der Waals surface area contributed by atoms with Gasteiger partial charge in [0.05, 0.1) is 6.04 Å². The zero-order chi connectivity index (χ0) is 14.1. The predicted molar refractivity (Wildman–Crippen MR) is 76.5 cm³/mol. The number of hydrogen-bond donors (Lipinski definition) is 2. The lowest BCUT2D eigenvalue weighted by atomic mass is 10.1. The van der Waals surface area contributed by atoms with Gasteiger partial charge in [-0.25, -0.2) is 9.97 Å². The number of nitrogen functional groups attached to an aromatic ring is 1. The Labute approximate surface area is 121 Å². The average molecular weight is 294 g/mol. The summed E-state index contributed by atoms with van der Waals surface area (Å²) in [5.41, 5.74) is 5.67. The van der Waals surface area contributed by atoms with Crippen molar-refractivity contribution in [3.05, 3.63) is 23.0 Å². The number of fused-ring (bicyclic) bond motifs is 1.